The van der Waals surface area contributed by atoms with Gasteiger partial charge in [0.2, 0.25) is 0 Å². The molecular weight excluding hydrogens is 160 g/mol. The smallest absolute Gasteiger partial charge is 0.133 e. The summed E-state index contributed by atoms with van der Waals surface area (Å²) >= 11 is 0. The Labute approximate surface area is 81.9 Å². The van der Waals surface area contributed by atoms with Crippen LogP contribution in [-0.4, -0.2) is 5.78 Å². The molecule has 74 valence electrons. The van der Waals surface area contributed by atoms with Crippen LogP contribution in [0.5, 0.6) is 0 Å². The maximum absolute atomic E-state index is 11.2. The van der Waals surface area contributed by atoms with Gasteiger partial charge in [0.15, 0.2) is 0 Å². The lowest BCUT2D eigenvalue weighted by Gasteiger charge is -1.97. The molecule has 0 unspecified atom stereocenters. The van der Waals surface area contributed by atoms with Crippen LogP contribution in [-0.2, 0) is 4.79 Å². The summed E-state index contributed by atoms with van der Waals surface area (Å²) in [6, 6.07) is 0. The zero-order valence-corrected chi connectivity index (χ0v) is 8.86. The van der Waals surface area contributed by atoms with Crippen molar-refractivity contribution < 1.29 is 4.79 Å². The highest BCUT2D eigenvalue weighted by Gasteiger charge is 1.99. The van der Waals surface area contributed by atoms with Gasteiger partial charge in [0.05, 0.1) is 0 Å². The average molecular weight is 180 g/mol. The first-order valence-corrected chi connectivity index (χ1v) is 5.22. The van der Waals surface area contributed by atoms with Gasteiger partial charge in [-0.15, -0.1) is 11.8 Å². The van der Waals surface area contributed by atoms with Crippen LogP contribution >= 0.6 is 0 Å². The minimum absolute atomic E-state index is 0.374. The van der Waals surface area contributed by atoms with Crippen LogP contribution in [0.15, 0.2) is 0 Å². The molecule has 0 saturated heterocycles. The summed E-state index contributed by atoms with van der Waals surface area (Å²) in [5.74, 6) is 6.08. The number of carbonyl (C=O) groups excluding carboxylic acids is 1. The van der Waals surface area contributed by atoms with Gasteiger partial charge >= 0.3 is 0 Å². The van der Waals surface area contributed by atoms with Crippen LogP contribution < -0.4 is 0 Å². The summed E-state index contributed by atoms with van der Waals surface area (Å²) in [7, 11) is 0. The van der Waals surface area contributed by atoms with Gasteiger partial charge in [-0.25, -0.2) is 0 Å². The fourth-order valence-electron chi connectivity index (χ4n) is 1.20. The van der Waals surface area contributed by atoms with Crippen LogP contribution in [0.2, 0.25) is 0 Å². The number of hydrogen-bond acceptors (Lipinski definition) is 1. The maximum Gasteiger partial charge on any atom is 0.133 e. The molecule has 1 heteroatoms. The van der Waals surface area contributed by atoms with Crippen LogP contribution in [0, 0.1) is 11.8 Å². The molecule has 0 rings (SSSR count). The van der Waals surface area contributed by atoms with Crippen molar-refractivity contribution in [1.29, 1.82) is 0 Å². The van der Waals surface area contributed by atoms with Crippen molar-refractivity contribution in [2.45, 2.75) is 58.8 Å². The number of carbonyl (C=O) groups is 1. The molecule has 0 heterocycles. The number of ketones is 1. The first-order valence-electron chi connectivity index (χ1n) is 5.22. The van der Waals surface area contributed by atoms with Crippen molar-refractivity contribution >= 4 is 5.78 Å². The monoisotopic (exact) mass is 180 g/mol. The van der Waals surface area contributed by atoms with E-state index in [9.17, 15) is 4.79 Å². The Balaban J connectivity index is 3.23. The predicted molar refractivity (Wildman–Crippen MR) is 56.5 cm³/mol. The Bertz CT molecular complexity index is 183. The summed E-state index contributed by atoms with van der Waals surface area (Å²) in [6.07, 6.45) is 6.88. The van der Waals surface area contributed by atoms with Crippen molar-refractivity contribution in [2.24, 2.45) is 0 Å². The predicted octanol–water partition coefficient (Wildman–Crippen LogP) is 3.33. The van der Waals surface area contributed by atoms with Gasteiger partial charge in [-0.05, 0) is 13.3 Å². The Kier molecular flexibility index (Phi) is 8.77. The van der Waals surface area contributed by atoms with E-state index in [2.05, 4.69) is 18.8 Å². The minimum atomic E-state index is 0.374. The number of hydrogen-bond donors (Lipinski definition) is 0. The zero-order chi connectivity index (χ0) is 9.94. The normalized spacial score (nSPS) is 9.08. The molecule has 1 nitrogen and oxygen atoms in total. The van der Waals surface area contributed by atoms with E-state index in [1.807, 2.05) is 6.92 Å². The molecule has 0 spiro atoms. The third-order valence-corrected chi connectivity index (χ3v) is 2.01. The van der Waals surface area contributed by atoms with E-state index in [4.69, 9.17) is 0 Å². The maximum atomic E-state index is 11.2. The number of rotatable bonds is 7. The third kappa shape index (κ3) is 9.14. The highest BCUT2D eigenvalue weighted by molar-refractivity contribution is 5.78. The minimum Gasteiger partial charge on any atom is -0.300 e. The molecule has 0 aliphatic carbocycles. The summed E-state index contributed by atoms with van der Waals surface area (Å²) in [5.41, 5.74) is 0. The summed E-state index contributed by atoms with van der Waals surface area (Å²) in [6.45, 7) is 3.99. The van der Waals surface area contributed by atoms with Gasteiger partial charge in [-0.3, -0.25) is 4.79 Å². The molecule has 0 aromatic rings. The molecule has 0 bridgehead atoms. The van der Waals surface area contributed by atoms with Crippen molar-refractivity contribution in [2.75, 3.05) is 0 Å². The van der Waals surface area contributed by atoms with Gasteiger partial charge < -0.3 is 0 Å². The second-order valence-electron chi connectivity index (χ2n) is 3.28. The van der Waals surface area contributed by atoms with Gasteiger partial charge in [0, 0.05) is 19.3 Å². The van der Waals surface area contributed by atoms with E-state index in [1.165, 1.54) is 19.3 Å². The van der Waals surface area contributed by atoms with Gasteiger partial charge in [0.1, 0.15) is 5.78 Å². The Hall–Kier alpha value is -0.770. The van der Waals surface area contributed by atoms with Crippen LogP contribution in [0.3, 0.4) is 0 Å². The standard InChI is InChI=1S/C12H20O/c1-3-5-7-9-11-12(13)10-8-6-4-2/h3,5,7-11H2,1-2H3. The highest BCUT2D eigenvalue weighted by Crippen LogP contribution is 2.05. The summed E-state index contributed by atoms with van der Waals surface area (Å²) in [4.78, 5) is 11.2. The molecule has 0 saturated carbocycles. The topological polar surface area (TPSA) is 17.1 Å². The molecule has 0 atom stereocenters. The molecule has 0 N–H and O–H groups in total. The first-order chi connectivity index (χ1) is 6.31. The van der Waals surface area contributed by atoms with E-state index in [-0.39, 0.29) is 0 Å². The lowest BCUT2D eigenvalue weighted by molar-refractivity contribution is -0.119. The van der Waals surface area contributed by atoms with Crippen molar-refractivity contribution in [1.82, 2.24) is 0 Å². The first kappa shape index (κ1) is 12.2. The molecule has 0 radical (unpaired) electrons. The average Bonchev–Trinajstić information content (AvgIpc) is 2.13. The molecule has 0 fully saturated rings. The third-order valence-electron chi connectivity index (χ3n) is 2.01. The quantitative estimate of drug-likeness (QED) is 0.434. The van der Waals surface area contributed by atoms with E-state index in [0.29, 0.717) is 12.2 Å². The lowest BCUT2D eigenvalue weighted by atomic mass is 10.1. The van der Waals surface area contributed by atoms with Crippen molar-refractivity contribution in [3.8, 4) is 11.8 Å². The molecule has 0 aliphatic heterocycles. The number of unbranched alkanes of at least 4 members (excludes halogenated alkanes) is 3. The summed E-state index contributed by atoms with van der Waals surface area (Å²) in [5, 5.41) is 0. The molecule has 0 amide bonds. The molecule has 0 aromatic heterocycles. The van der Waals surface area contributed by atoms with E-state index in [1.54, 1.807) is 0 Å². The van der Waals surface area contributed by atoms with E-state index >= 15 is 0 Å². The van der Waals surface area contributed by atoms with Crippen LogP contribution in [0.4, 0.5) is 0 Å². The van der Waals surface area contributed by atoms with Gasteiger partial charge in [-0.1, -0.05) is 26.2 Å². The van der Waals surface area contributed by atoms with E-state index in [0.717, 1.165) is 19.3 Å². The zero-order valence-electron chi connectivity index (χ0n) is 8.86. The van der Waals surface area contributed by atoms with E-state index < -0.39 is 0 Å². The Morgan fingerprint density at radius 2 is 1.92 bits per heavy atom. The van der Waals surface area contributed by atoms with Crippen molar-refractivity contribution in [3.63, 3.8) is 0 Å². The molecule has 0 aliphatic rings. The molecule has 13 heavy (non-hydrogen) atoms. The van der Waals surface area contributed by atoms with Gasteiger partial charge in [-0.2, -0.15) is 0 Å². The van der Waals surface area contributed by atoms with Crippen molar-refractivity contribution in [3.05, 3.63) is 0 Å². The number of Topliss-reactive ketones (excluding diaryl/α,β-unsaturated/α-hetero) is 1. The largest absolute Gasteiger partial charge is 0.300 e. The second kappa shape index (κ2) is 9.32. The van der Waals surface area contributed by atoms with Crippen LogP contribution in [0.25, 0.3) is 0 Å². The second-order valence-corrected chi connectivity index (χ2v) is 3.28. The Morgan fingerprint density at radius 3 is 2.54 bits per heavy atom. The van der Waals surface area contributed by atoms with Crippen LogP contribution in [0.1, 0.15) is 58.8 Å². The fourth-order valence-corrected chi connectivity index (χ4v) is 1.20. The Morgan fingerprint density at radius 1 is 1.15 bits per heavy atom. The molecular formula is C12H20O. The van der Waals surface area contributed by atoms with Gasteiger partial charge in [0.25, 0.3) is 0 Å². The lowest BCUT2D eigenvalue weighted by Crippen LogP contribution is -1.96. The molecule has 0 aromatic carbocycles. The fraction of sp³-hybridized carbons (Fsp3) is 0.750. The SMILES string of the molecule is CC#CCCC(=O)CCCCCC. The highest BCUT2D eigenvalue weighted by atomic mass is 16.1. The summed E-state index contributed by atoms with van der Waals surface area (Å²) < 4.78 is 0.